The number of nitro benzene ring substituents is 1. The Morgan fingerprint density at radius 2 is 2.00 bits per heavy atom. The van der Waals surface area contributed by atoms with Gasteiger partial charge in [0.05, 0.1) is 4.92 Å². The van der Waals surface area contributed by atoms with Crippen molar-refractivity contribution in [3.63, 3.8) is 0 Å². The molecule has 1 rings (SSSR count). The van der Waals surface area contributed by atoms with E-state index >= 15 is 0 Å². The van der Waals surface area contributed by atoms with Crippen LogP contribution in [-0.2, 0) is 4.79 Å². The minimum Gasteiger partial charge on any atom is -0.480 e. The number of carbonyl (C=O) groups is 2. The van der Waals surface area contributed by atoms with Gasteiger partial charge >= 0.3 is 5.97 Å². The van der Waals surface area contributed by atoms with Crippen LogP contribution < -0.4 is 5.32 Å². The van der Waals surface area contributed by atoms with Gasteiger partial charge in [0.1, 0.15) is 11.1 Å². The van der Waals surface area contributed by atoms with E-state index in [1.54, 1.807) is 6.92 Å². The zero-order chi connectivity index (χ0) is 14.6. The topological polar surface area (TPSA) is 110 Å². The van der Waals surface area contributed by atoms with E-state index in [4.69, 9.17) is 5.11 Å². The van der Waals surface area contributed by atoms with Crippen molar-refractivity contribution in [3.8, 4) is 0 Å². The normalized spacial score (nSPS) is 13.4. The van der Waals surface area contributed by atoms with Gasteiger partial charge in [0.2, 0.25) is 0 Å². The monoisotopic (exact) mass is 266 g/mol. The molecular formula is C12H14N2O5. The van der Waals surface area contributed by atoms with Crippen LogP contribution in [0.4, 0.5) is 5.69 Å². The Hall–Kier alpha value is -2.44. The number of nitrogens with zero attached hydrogens (tertiary/aromatic N) is 1. The summed E-state index contributed by atoms with van der Waals surface area (Å²) in [6.07, 6.45) is 0.161. The Morgan fingerprint density at radius 1 is 1.42 bits per heavy atom. The van der Waals surface area contributed by atoms with Crippen LogP contribution in [-0.4, -0.2) is 27.4 Å². The average molecular weight is 266 g/mol. The Balaban J connectivity index is 3.09. The van der Waals surface area contributed by atoms with Gasteiger partial charge in [0.25, 0.3) is 11.6 Å². The van der Waals surface area contributed by atoms with Crippen molar-refractivity contribution < 1.29 is 19.6 Å². The molecule has 0 heterocycles. The quantitative estimate of drug-likeness (QED) is 0.621. The molecule has 0 aliphatic heterocycles. The lowest BCUT2D eigenvalue weighted by atomic mass is 9.98. The highest BCUT2D eigenvalue weighted by atomic mass is 16.6. The number of amides is 1. The lowest BCUT2D eigenvalue weighted by Crippen LogP contribution is -2.51. The summed E-state index contributed by atoms with van der Waals surface area (Å²) >= 11 is 0. The van der Waals surface area contributed by atoms with Gasteiger partial charge in [-0.15, -0.1) is 0 Å². The standard InChI is InChI=1S/C12H14N2O5/c1-3-12(2,11(16)17)13-10(15)8-6-4-5-7-9(8)14(18)19/h4-7H,3H2,1-2H3,(H,13,15)(H,16,17). The molecule has 1 unspecified atom stereocenters. The van der Waals surface area contributed by atoms with Crippen molar-refractivity contribution in [1.29, 1.82) is 0 Å². The SMILES string of the molecule is CCC(C)(NC(=O)c1ccccc1[N+](=O)[O-])C(=O)O. The van der Waals surface area contributed by atoms with Gasteiger partial charge in [-0.05, 0) is 19.4 Å². The molecule has 0 fully saturated rings. The molecule has 1 amide bonds. The first-order valence-corrected chi connectivity index (χ1v) is 5.61. The number of nitrogens with one attached hydrogen (secondary N) is 1. The van der Waals surface area contributed by atoms with E-state index in [-0.39, 0.29) is 17.7 Å². The number of benzene rings is 1. The molecule has 0 aliphatic rings. The van der Waals surface area contributed by atoms with Gasteiger partial charge in [0.15, 0.2) is 0 Å². The largest absolute Gasteiger partial charge is 0.480 e. The fraction of sp³-hybridized carbons (Fsp3) is 0.333. The number of carbonyl (C=O) groups excluding carboxylic acids is 1. The first-order valence-electron chi connectivity index (χ1n) is 5.61. The smallest absolute Gasteiger partial charge is 0.329 e. The fourth-order valence-electron chi connectivity index (χ4n) is 1.44. The van der Waals surface area contributed by atoms with Crippen molar-refractivity contribution in [2.45, 2.75) is 25.8 Å². The Labute approximate surface area is 109 Å². The van der Waals surface area contributed by atoms with Crippen LogP contribution in [0.3, 0.4) is 0 Å². The number of carboxylic acids is 1. The maximum absolute atomic E-state index is 12.0. The van der Waals surface area contributed by atoms with Gasteiger partial charge in [-0.1, -0.05) is 19.1 Å². The van der Waals surface area contributed by atoms with Crippen LogP contribution in [0.25, 0.3) is 0 Å². The molecule has 0 spiro atoms. The van der Waals surface area contributed by atoms with Gasteiger partial charge in [-0.3, -0.25) is 14.9 Å². The minimum atomic E-state index is -1.46. The molecule has 0 aromatic heterocycles. The van der Waals surface area contributed by atoms with E-state index in [0.717, 1.165) is 0 Å². The second kappa shape index (κ2) is 5.47. The zero-order valence-electron chi connectivity index (χ0n) is 10.5. The first kappa shape index (κ1) is 14.6. The highest BCUT2D eigenvalue weighted by Crippen LogP contribution is 2.19. The summed E-state index contributed by atoms with van der Waals surface area (Å²) in [5.74, 6) is -1.97. The number of carboxylic acid groups (broad SMARTS) is 1. The van der Waals surface area contributed by atoms with E-state index < -0.39 is 22.3 Å². The molecule has 0 radical (unpaired) electrons. The molecule has 0 saturated carbocycles. The predicted molar refractivity (Wildman–Crippen MR) is 66.9 cm³/mol. The summed E-state index contributed by atoms with van der Waals surface area (Å²) in [6.45, 7) is 2.95. The van der Waals surface area contributed by atoms with Crippen molar-refractivity contribution >= 4 is 17.6 Å². The van der Waals surface area contributed by atoms with Crippen LogP contribution in [0.2, 0.25) is 0 Å². The number of hydrogen-bond donors (Lipinski definition) is 2. The van der Waals surface area contributed by atoms with Gasteiger partial charge in [-0.25, -0.2) is 4.79 Å². The number of hydrogen-bond acceptors (Lipinski definition) is 4. The van der Waals surface area contributed by atoms with E-state index in [2.05, 4.69) is 5.32 Å². The molecule has 1 atom stereocenters. The molecule has 0 aliphatic carbocycles. The third-order valence-electron chi connectivity index (χ3n) is 2.91. The third-order valence-corrected chi connectivity index (χ3v) is 2.91. The molecule has 1 aromatic rings. The minimum absolute atomic E-state index is 0.159. The fourth-order valence-corrected chi connectivity index (χ4v) is 1.44. The van der Waals surface area contributed by atoms with Gasteiger partial charge in [-0.2, -0.15) is 0 Å². The molecule has 102 valence electrons. The molecule has 7 heteroatoms. The summed E-state index contributed by atoms with van der Waals surface area (Å²) in [7, 11) is 0. The van der Waals surface area contributed by atoms with Crippen LogP contribution >= 0.6 is 0 Å². The lowest BCUT2D eigenvalue weighted by molar-refractivity contribution is -0.385. The summed E-state index contributed by atoms with van der Waals surface area (Å²) in [6, 6.07) is 5.39. The molecule has 19 heavy (non-hydrogen) atoms. The number of aliphatic carboxylic acids is 1. The van der Waals surface area contributed by atoms with E-state index in [9.17, 15) is 19.7 Å². The van der Waals surface area contributed by atoms with Crippen LogP contribution in [0.5, 0.6) is 0 Å². The van der Waals surface area contributed by atoms with E-state index in [1.165, 1.54) is 31.2 Å². The average Bonchev–Trinajstić information content (AvgIpc) is 2.38. The Morgan fingerprint density at radius 3 is 2.47 bits per heavy atom. The molecule has 2 N–H and O–H groups in total. The van der Waals surface area contributed by atoms with Crippen LogP contribution in [0.1, 0.15) is 30.6 Å². The second-order valence-corrected chi connectivity index (χ2v) is 4.22. The predicted octanol–water partition coefficient (Wildman–Crippen LogP) is 1.58. The number of para-hydroxylation sites is 1. The summed E-state index contributed by atoms with van der Waals surface area (Å²) in [5, 5.41) is 22.2. The van der Waals surface area contributed by atoms with Crippen molar-refractivity contribution in [1.82, 2.24) is 5.32 Å². The first-order chi connectivity index (χ1) is 8.81. The maximum Gasteiger partial charge on any atom is 0.329 e. The molecule has 0 bridgehead atoms. The third kappa shape index (κ3) is 3.06. The highest BCUT2D eigenvalue weighted by Gasteiger charge is 2.34. The van der Waals surface area contributed by atoms with Crippen LogP contribution in [0, 0.1) is 10.1 Å². The van der Waals surface area contributed by atoms with E-state index in [0.29, 0.717) is 0 Å². The van der Waals surface area contributed by atoms with Gasteiger partial charge in [0, 0.05) is 6.07 Å². The number of nitro groups is 1. The van der Waals surface area contributed by atoms with Crippen LogP contribution in [0.15, 0.2) is 24.3 Å². The second-order valence-electron chi connectivity index (χ2n) is 4.22. The highest BCUT2D eigenvalue weighted by molar-refractivity contribution is 6.00. The van der Waals surface area contributed by atoms with Crippen molar-refractivity contribution in [2.24, 2.45) is 0 Å². The summed E-state index contributed by atoms with van der Waals surface area (Å²) < 4.78 is 0. The van der Waals surface area contributed by atoms with Crippen molar-refractivity contribution in [2.75, 3.05) is 0 Å². The van der Waals surface area contributed by atoms with Crippen molar-refractivity contribution in [3.05, 3.63) is 39.9 Å². The molecular weight excluding hydrogens is 252 g/mol. The van der Waals surface area contributed by atoms with Gasteiger partial charge < -0.3 is 10.4 Å². The van der Waals surface area contributed by atoms with E-state index in [1.807, 2.05) is 0 Å². The maximum atomic E-state index is 12.0. The summed E-state index contributed by atoms with van der Waals surface area (Å²) in [4.78, 5) is 33.2. The number of rotatable bonds is 5. The Bertz CT molecular complexity index is 529. The lowest BCUT2D eigenvalue weighted by Gasteiger charge is -2.24. The molecule has 0 saturated heterocycles. The summed E-state index contributed by atoms with van der Waals surface area (Å²) in [5.41, 5.74) is -1.97. The molecule has 7 nitrogen and oxygen atoms in total. The Kier molecular flexibility index (Phi) is 4.21. The zero-order valence-corrected chi connectivity index (χ0v) is 10.5. The molecule has 1 aromatic carbocycles.